The normalized spacial score (nSPS) is 16.9. The first-order valence-corrected chi connectivity index (χ1v) is 13.0. The molecule has 8 nitrogen and oxygen atoms in total. The van der Waals surface area contributed by atoms with Crippen molar-refractivity contribution in [3.8, 4) is 17.2 Å². The van der Waals surface area contributed by atoms with Gasteiger partial charge in [-0.05, 0) is 69.2 Å². The second-order valence-electron chi connectivity index (χ2n) is 8.94. The summed E-state index contributed by atoms with van der Waals surface area (Å²) < 4.78 is 24.5. The van der Waals surface area contributed by atoms with Crippen molar-refractivity contribution in [1.29, 1.82) is 0 Å². The number of fused-ring (bicyclic) bond motifs is 2. The third-order valence-electron chi connectivity index (χ3n) is 5.96. The average Bonchev–Trinajstić information content (AvgIpc) is 3.17. The summed E-state index contributed by atoms with van der Waals surface area (Å²) in [6.45, 7) is 8.81. The number of hydrogen-bond donors (Lipinski definition) is 0. The molecule has 3 heterocycles. The molecule has 0 fully saturated rings. The van der Waals surface area contributed by atoms with E-state index in [2.05, 4.69) is 4.99 Å². The van der Waals surface area contributed by atoms with Gasteiger partial charge in [-0.2, -0.15) is 0 Å². The Kier molecular flexibility index (Phi) is 6.88. The average molecular weight is 521 g/mol. The largest absolute Gasteiger partial charge is 0.494 e. The topological polar surface area (TPSA) is 88.4 Å². The van der Waals surface area contributed by atoms with Gasteiger partial charge < -0.3 is 18.9 Å². The molecular formula is C28H28N2O6S. The van der Waals surface area contributed by atoms with E-state index in [1.165, 1.54) is 11.3 Å². The van der Waals surface area contributed by atoms with E-state index in [0.717, 1.165) is 11.1 Å². The molecule has 9 heteroatoms. The number of hydrogen-bond acceptors (Lipinski definition) is 8. The summed E-state index contributed by atoms with van der Waals surface area (Å²) in [7, 11) is 0. The van der Waals surface area contributed by atoms with Crippen LogP contribution in [-0.2, 0) is 9.53 Å². The van der Waals surface area contributed by atoms with Gasteiger partial charge in [0.1, 0.15) is 19.0 Å². The van der Waals surface area contributed by atoms with Gasteiger partial charge in [0.2, 0.25) is 0 Å². The van der Waals surface area contributed by atoms with Crippen molar-refractivity contribution in [2.45, 2.75) is 39.8 Å². The Balaban J connectivity index is 1.64. The minimum Gasteiger partial charge on any atom is -0.494 e. The summed E-state index contributed by atoms with van der Waals surface area (Å²) in [5, 5.41) is 0. The molecule has 0 spiro atoms. The second-order valence-corrected chi connectivity index (χ2v) is 9.95. The zero-order valence-electron chi connectivity index (χ0n) is 21.1. The Morgan fingerprint density at radius 3 is 2.59 bits per heavy atom. The van der Waals surface area contributed by atoms with Gasteiger partial charge in [-0.1, -0.05) is 29.5 Å². The van der Waals surface area contributed by atoms with E-state index in [0.29, 0.717) is 57.7 Å². The molecule has 2 aliphatic rings. The highest BCUT2D eigenvalue weighted by atomic mass is 32.1. The molecule has 0 saturated carbocycles. The molecule has 0 N–H and O–H groups in total. The number of rotatable bonds is 6. The number of benzene rings is 2. The van der Waals surface area contributed by atoms with Crippen LogP contribution in [0.5, 0.6) is 17.2 Å². The van der Waals surface area contributed by atoms with Gasteiger partial charge in [0.05, 0.1) is 34.6 Å². The predicted molar refractivity (Wildman–Crippen MR) is 140 cm³/mol. The molecule has 0 radical (unpaired) electrons. The molecule has 3 aromatic rings. The summed E-state index contributed by atoms with van der Waals surface area (Å²) in [4.78, 5) is 32.2. The van der Waals surface area contributed by atoms with Gasteiger partial charge in [-0.15, -0.1) is 0 Å². The fraction of sp³-hybridized carbons (Fsp3) is 0.321. The quantitative estimate of drug-likeness (QED) is 0.463. The highest BCUT2D eigenvalue weighted by Crippen LogP contribution is 2.33. The zero-order chi connectivity index (χ0) is 26.1. The van der Waals surface area contributed by atoms with Crippen molar-refractivity contribution in [2.75, 3.05) is 19.8 Å². The maximum atomic E-state index is 13.8. The first kappa shape index (κ1) is 24.8. The lowest BCUT2D eigenvalue weighted by Crippen LogP contribution is -2.40. The first-order valence-electron chi connectivity index (χ1n) is 12.2. The van der Waals surface area contributed by atoms with E-state index < -0.39 is 12.0 Å². The van der Waals surface area contributed by atoms with Crippen molar-refractivity contribution in [3.05, 3.63) is 84.5 Å². The molecule has 0 saturated heterocycles. The van der Waals surface area contributed by atoms with Gasteiger partial charge in [-0.25, -0.2) is 9.79 Å². The smallest absolute Gasteiger partial charge is 0.338 e. The molecular weight excluding hydrogens is 492 g/mol. The standard InChI is InChI=1S/C28H28N2O6S/c1-5-33-20-9-7-19(8-10-20)25-24(27(32)36-16(2)3)17(4)29-28-30(25)26(31)23(37-28)15-18-6-11-21-22(14-18)35-13-12-34-21/h6-11,14-16,25H,5,12-13H2,1-4H3/b23-15+/t25-/m1/s1. The molecule has 0 unspecified atom stereocenters. The maximum absolute atomic E-state index is 13.8. The SMILES string of the molecule is CCOc1ccc([C@@H]2C(C(=O)OC(C)C)=C(C)N=c3s/c(=C/c4ccc5c(c4)OCCO5)c(=O)n32)cc1. The van der Waals surface area contributed by atoms with Crippen LogP contribution in [0.15, 0.2) is 63.5 Å². The minimum atomic E-state index is -0.680. The molecule has 192 valence electrons. The van der Waals surface area contributed by atoms with E-state index in [4.69, 9.17) is 18.9 Å². The molecule has 1 atom stereocenters. The van der Waals surface area contributed by atoms with Crippen molar-refractivity contribution in [3.63, 3.8) is 0 Å². The van der Waals surface area contributed by atoms with Crippen molar-refractivity contribution < 1.29 is 23.7 Å². The molecule has 0 amide bonds. The number of carbonyl (C=O) groups excluding carboxylic acids is 1. The van der Waals surface area contributed by atoms with Crippen LogP contribution in [0.3, 0.4) is 0 Å². The molecule has 2 aliphatic heterocycles. The highest BCUT2D eigenvalue weighted by molar-refractivity contribution is 7.07. The third kappa shape index (κ3) is 4.91. The van der Waals surface area contributed by atoms with E-state index in [9.17, 15) is 9.59 Å². The van der Waals surface area contributed by atoms with Gasteiger partial charge in [0.15, 0.2) is 16.3 Å². The Hall–Kier alpha value is -3.85. The van der Waals surface area contributed by atoms with E-state index in [1.54, 1.807) is 25.3 Å². The Morgan fingerprint density at radius 1 is 1.16 bits per heavy atom. The Bertz CT molecular complexity index is 1550. The van der Waals surface area contributed by atoms with E-state index in [-0.39, 0.29) is 11.7 Å². The summed E-state index contributed by atoms with van der Waals surface area (Å²) in [5.41, 5.74) is 2.20. The van der Waals surface area contributed by atoms with Gasteiger partial charge >= 0.3 is 5.97 Å². The number of esters is 1. The van der Waals surface area contributed by atoms with E-state index in [1.807, 2.05) is 55.5 Å². The van der Waals surface area contributed by atoms with Crippen LogP contribution >= 0.6 is 11.3 Å². The third-order valence-corrected chi connectivity index (χ3v) is 6.94. The van der Waals surface area contributed by atoms with Crippen molar-refractivity contribution >= 4 is 23.4 Å². The first-order chi connectivity index (χ1) is 17.9. The van der Waals surface area contributed by atoms with Gasteiger partial charge in [-0.3, -0.25) is 9.36 Å². The number of thiazole rings is 1. The summed E-state index contributed by atoms with van der Waals surface area (Å²) in [5.74, 6) is 1.56. The van der Waals surface area contributed by atoms with Crippen LogP contribution in [0.25, 0.3) is 6.08 Å². The molecule has 0 aliphatic carbocycles. The van der Waals surface area contributed by atoms with Crippen molar-refractivity contribution in [1.82, 2.24) is 4.57 Å². The number of aromatic nitrogens is 1. The number of carbonyl (C=O) groups is 1. The molecule has 0 bridgehead atoms. The summed E-state index contributed by atoms with van der Waals surface area (Å²) in [6.07, 6.45) is 1.50. The maximum Gasteiger partial charge on any atom is 0.338 e. The predicted octanol–water partition coefficient (Wildman–Crippen LogP) is 3.36. The molecule has 5 rings (SSSR count). The lowest BCUT2D eigenvalue weighted by Gasteiger charge is -2.25. The monoisotopic (exact) mass is 520 g/mol. The number of nitrogens with zero attached hydrogens (tertiary/aromatic N) is 2. The molecule has 1 aromatic heterocycles. The van der Waals surface area contributed by atoms with Crippen LogP contribution in [0.2, 0.25) is 0 Å². The van der Waals surface area contributed by atoms with Crippen LogP contribution in [-0.4, -0.2) is 36.5 Å². The van der Waals surface area contributed by atoms with Crippen molar-refractivity contribution in [2.24, 2.45) is 4.99 Å². The summed E-state index contributed by atoms with van der Waals surface area (Å²) in [6, 6.07) is 12.3. The zero-order valence-corrected chi connectivity index (χ0v) is 22.0. The second kappa shape index (κ2) is 10.3. The lowest BCUT2D eigenvalue weighted by atomic mass is 9.96. The summed E-state index contributed by atoms with van der Waals surface area (Å²) >= 11 is 1.28. The Labute approximate surface area is 218 Å². The van der Waals surface area contributed by atoms with Gasteiger partial charge in [0.25, 0.3) is 5.56 Å². The fourth-order valence-corrected chi connectivity index (χ4v) is 5.44. The van der Waals surface area contributed by atoms with E-state index >= 15 is 0 Å². The van der Waals surface area contributed by atoms with Crippen LogP contribution in [0.4, 0.5) is 0 Å². The lowest BCUT2D eigenvalue weighted by molar-refractivity contribution is -0.143. The number of allylic oxidation sites excluding steroid dienone is 1. The highest BCUT2D eigenvalue weighted by Gasteiger charge is 2.33. The number of ether oxygens (including phenoxy) is 4. The minimum absolute atomic E-state index is 0.236. The molecule has 2 aromatic carbocycles. The van der Waals surface area contributed by atoms with Crippen LogP contribution < -0.4 is 29.1 Å². The molecule has 37 heavy (non-hydrogen) atoms. The van der Waals surface area contributed by atoms with Crippen LogP contribution in [0.1, 0.15) is 44.9 Å². The van der Waals surface area contributed by atoms with Gasteiger partial charge in [0, 0.05) is 0 Å². The fourth-order valence-electron chi connectivity index (χ4n) is 4.39. The Morgan fingerprint density at radius 2 is 1.89 bits per heavy atom. The van der Waals surface area contributed by atoms with Crippen LogP contribution in [0, 0.1) is 0 Å².